The highest BCUT2D eigenvalue weighted by atomic mass is 35.5. The van der Waals surface area contributed by atoms with E-state index < -0.39 is 0 Å². The molecule has 2 aromatic carbocycles. The van der Waals surface area contributed by atoms with E-state index in [4.69, 9.17) is 16.3 Å². The van der Waals surface area contributed by atoms with E-state index in [9.17, 15) is 4.79 Å². The first-order valence-electron chi connectivity index (χ1n) is 9.06. The van der Waals surface area contributed by atoms with Crippen LogP contribution in [0.4, 0.5) is 5.69 Å². The summed E-state index contributed by atoms with van der Waals surface area (Å²) in [5.41, 5.74) is 4.74. The maximum Gasteiger partial charge on any atom is 0.234 e. The molecular formula is C21H23ClN4O2S. The van der Waals surface area contributed by atoms with Gasteiger partial charge in [0.2, 0.25) is 5.91 Å². The average molecular weight is 431 g/mol. The van der Waals surface area contributed by atoms with Crippen LogP contribution in [-0.2, 0) is 4.79 Å². The van der Waals surface area contributed by atoms with Crippen LogP contribution in [0.2, 0.25) is 5.02 Å². The summed E-state index contributed by atoms with van der Waals surface area (Å²) in [5, 5.41) is 12.6. The molecule has 0 bridgehead atoms. The molecule has 6 nitrogen and oxygen atoms in total. The van der Waals surface area contributed by atoms with Gasteiger partial charge in [0.05, 0.1) is 24.2 Å². The van der Waals surface area contributed by atoms with Crippen molar-refractivity contribution in [1.82, 2.24) is 14.8 Å². The Hall–Kier alpha value is -2.51. The zero-order valence-corrected chi connectivity index (χ0v) is 18.6. The number of anilines is 1. The molecule has 0 saturated heterocycles. The predicted octanol–water partition coefficient (Wildman–Crippen LogP) is 4.89. The van der Waals surface area contributed by atoms with Crippen LogP contribution in [0.15, 0.2) is 35.5 Å². The van der Waals surface area contributed by atoms with Crippen molar-refractivity contribution in [2.24, 2.45) is 0 Å². The van der Waals surface area contributed by atoms with Gasteiger partial charge in [-0.1, -0.05) is 35.5 Å². The summed E-state index contributed by atoms with van der Waals surface area (Å²) in [6.07, 6.45) is 0. The summed E-state index contributed by atoms with van der Waals surface area (Å²) in [6, 6.07) is 9.73. The number of halogens is 1. The molecule has 0 aliphatic carbocycles. The molecule has 1 heterocycles. The number of aromatic nitrogens is 3. The smallest absolute Gasteiger partial charge is 0.234 e. The van der Waals surface area contributed by atoms with Crippen molar-refractivity contribution in [1.29, 1.82) is 0 Å². The molecule has 1 N–H and O–H groups in total. The molecule has 0 radical (unpaired) electrons. The second kappa shape index (κ2) is 8.88. The van der Waals surface area contributed by atoms with Crippen LogP contribution in [0.1, 0.15) is 22.5 Å². The number of rotatable bonds is 6. The Bertz CT molecular complexity index is 1070. The van der Waals surface area contributed by atoms with Gasteiger partial charge in [0, 0.05) is 11.1 Å². The molecular weight excluding hydrogens is 408 g/mol. The fourth-order valence-corrected chi connectivity index (χ4v) is 3.86. The molecule has 1 aromatic heterocycles. The third-order valence-corrected chi connectivity index (χ3v) is 5.82. The van der Waals surface area contributed by atoms with Crippen molar-refractivity contribution < 1.29 is 9.53 Å². The lowest BCUT2D eigenvalue weighted by Gasteiger charge is -2.13. The lowest BCUT2D eigenvalue weighted by Crippen LogP contribution is -2.15. The number of hydrogen-bond acceptors (Lipinski definition) is 5. The molecule has 0 unspecified atom stereocenters. The number of carbonyl (C=O) groups is 1. The maximum atomic E-state index is 12.5. The van der Waals surface area contributed by atoms with E-state index >= 15 is 0 Å². The number of hydrogen-bond donors (Lipinski definition) is 1. The lowest BCUT2D eigenvalue weighted by atomic mass is 10.1. The van der Waals surface area contributed by atoms with Crippen molar-refractivity contribution in [3.63, 3.8) is 0 Å². The minimum atomic E-state index is -0.164. The molecule has 0 aliphatic rings. The number of benzene rings is 2. The fraction of sp³-hybridized carbons (Fsp3) is 0.286. The van der Waals surface area contributed by atoms with Crippen LogP contribution in [-0.4, -0.2) is 33.5 Å². The maximum absolute atomic E-state index is 12.5. The van der Waals surface area contributed by atoms with Gasteiger partial charge in [-0.25, -0.2) is 0 Å². The van der Waals surface area contributed by atoms with Gasteiger partial charge in [0.25, 0.3) is 0 Å². The van der Waals surface area contributed by atoms with Gasteiger partial charge in [-0.05, 0) is 56.5 Å². The Balaban J connectivity index is 1.77. The standard InChI is InChI=1S/C21H23ClN4O2S/c1-12-6-7-13(2)18(8-12)26-15(4)24-25-21(26)29-11-20(27)23-17-9-14(3)16(22)10-19(17)28-5/h6-10H,11H2,1-5H3,(H,23,27). The first kappa shape index (κ1) is 21.2. The van der Waals surface area contributed by atoms with Gasteiger partial charge < -0.3 is 10.1 Å². The van der Waals surface area contributed by atoms with E-state index in [2.05, 4.69) is 33.7 Å². The zero-order chi connectivity index (χ0) is 21.1. The Labute approximate surface area is 179 Å². The molecule has 0 saturated carbocycles. The van der Waals surface area contributed by atoms with Crippen LogP contribution in [0, 0.1) is 27.7 Å². The quantitative estimate of drug-likeness (QED) is 0.563. The third-order valence-electron chi connectivity index (χ3n) is 4.49. The van der Waals surface area contributed by atoms with Gasteiger partial charge >= 0.3 is 0 Å². The SMILES string of the molecule is COc1cc(Cl)c(C)cc1NC(=O)CSc1nnc(C)n1-c1cc(C)ccc1C. The van der Waals surface area contributed by atoms with Crippen molar-refractivity contribution in [3.8, 4) is 11.4 Å². The summed E-state index contributed by atoms with van der Waals surface area (Å²) < 4.78 is 7.30. The monoisotopic (exact) mass is 430 g/mol. The molecule has 152 valence electrons. The average Bonchev–Trinajstić information content (AvgIpc) is 3.05. The van der Waals surface area contributed by atoms with E-state index in [-0.39, 0.29) is 11.7 Å². The second-order valence-electron chi connectivity index (χ2n) is 6.79. The lowest BCUT2D eigenvalue weighted by molar-refractivity contribution is -0.113. The van der Waals surface area contributed by atoms with Gasteiger partial charge in [0.1, 0.15) is 11.6 Å². The largest absolute Gasteiger partial charge is 0.495 e. The first-order valence-corrected chi connectivity index (χ1v) is 10.4. The van der Waals surface area contributed by atoms with Crippen LogP contribution < -0.4 is 10.1 Å². The Morgan fingerprint density at radius 1 is 1.14 bits per heavy atom. The molecule has 0 fully saturated rings. The van der Waals surface area contributed by atoms with Gasteiger partial charge in [0.15, 0.2) is 5.16 Å². The number of ether oxygens (including phenoxy) is 1. The number of nitrogens with one attached hydrogen (secondary N) is 1. The summed E-state index contributed by atoms with van der Waals surface area (Å²) >= 11 is 7.47. The van der Waals surface area contributed by atoms with Crippen LogP contribution in [0.5, 0.6) is 5.75 Å². The summed E-state index contributed by atoms with van der Waals surface area (Å²) in [6.45, 7) is 7.87. The first-order chi connectivity index (χ1) is 13.8. The highest BCUT2D eigenvalue weighted by Crippen LogP contribution is 2.31. The zero-order valence-electron chi connectivity index (χ0n) is 17.0. The fourth-order valence-electron chi connectivity index (χ4n) is 2.92. The molecule has 0 spiro atoms. The van der Waals surface area contributed by atoms with E-state index in [0.29, 0.717) is 21.6 Å². The molecule has 0 aliphatic heterocycles. The Morgan fingerprint density at radius 2 is 1.90 bits per heavy atom. The van der Waals surface area contributed by atoms with Gasteiger partial charge in [-0.3, -0.25) is 9.36 Å². The molecule has 29 heavy (non-hydrogen) atoms. The molecule has 0 atom stereocenters. The van der Waals surface area contributed by atoms with Crippen LogP contribution in [0.25, 0.3) is 5.69 Å². The normalized spacial score (nSPS) is 10.8. The summed E-state index contributed by atoms with van der Waals surface area (Å²) in [5.74, 6) is 1.32. The molecule has 3 aromatic rings. The van der Waals surface area contributed by atoms with Crippen LogP contribution >= 0.6 is 23.4 Å². The highest BCUT2D eigenvalue weighted by Gasteiger charge is 2.16. The van der Waals surface area contributed by atoms with E-state index in [1.165, 1.54) is 11.8 Å². The Kier molecular flexibility index (Phi) is 6.49. The third kappa shape index (κ3) is 4.74. The van der Waals surface area contributed by atoms with E-state index in [1.807, 2.05) is 32.3 Å². The number of nitrogens with zero attached hydrogens (tertiary/aromatic N) is 3. The summed E-state index contributed by atoms with van der Waals surface area (Å²) in [4.78, 5) is 12.5. The minimum absolute atomic E-state index is 0.164. The molecule has 3 rings (SSSR count). The summed E-state index contributed by atoms with van der Waals surface area (Å²) in [7, 11) is 1.54. The molecule has 8 heteroatoms. The highest BCUT2D eigenvalue weighted by molar-refractivity contribution is 7.99. The molecule has 1 amide bonds. The number of amides is 1. The minimum Gasteiger partial charge on any atom is -0.495 e. The van der Waals surface area contributed by atoms with E-state index in [1.54, 1.807) is 19.2 Å². The predicted molar refractivity (Wildman–Crippen MR) is 118 cm³/mol. The topological polar surface area (TPSA) is 69.0 Å². The van der Waals surface area contributed by atoms with Crippen molar-refractivity contribution in [2.75, 3.05) is 18.2 Å². The Morgan fingerprint density at radius 3 is 2.62 bits per heavy atom. The number of thioether (sulfide) groups is 1. The van der Waals surface area contributed by atoms with Crippen molar-refractivity contribution in [2.45, 2.75) is 32.9 Å². The second-order valence-corrected chi connectivity index (χ2v) is 8.14. The van der Waals surface area contributed by atoms with Gasteiger partial charge in [-0.2, -0.15) is 0 Å². The number of aryl methyl sites for hydroxylation is 4. The number of methoxy groups -OCH3 is 1. The van der Waals surface area contributed by atoms with Crippen LogP contribution in [0.3, 0.4) is 0 Å². The number of carbonyl (C=O) groups excluding carboxylic acids is 1. The van der Waals surface area contributed by atoms with Gasteiger partial charge in [-0.15, -0.1) is 10.2 Å². The van der Waals surface area contributed by atoms with Crippen molar-refractivity contribution in [3.05, 3.63) is 57.9 Å². The van der Waals surface area contributed by atoms with E-state index in [0.717, 1.165) is 28.2 Å². The van der Waals surface area contributed by atoms with Crippen molar-refractivity contribution >= 4 is 35.0 Å².